The molecule has 0 aliphatic carbocycles. The van der Waals surface area contributed by atoms with Gasteiger partial charge in [0.2, 0.25) is 0 Å². The molecule has 2 aromatic heterocycles. The van der Waals surface area contributed by atoms with Crippen molar-refractivity contribution >= 4 is 38.8 Å². The second kappa shape index (κ2) is 8.41. The van der Waals surface area contributed by atoms with Gasteiger partial charge in [0.15, 0.2) is 0 Å². The molecule has 0 bridgehead atoms. The zero-order valence-corrected chi connectivity index (χ0v) is 16.9. The Morgan fingerprint density at radius 1 is 0.935 bits per heavy atom. The van der Waals surface area contributed by atoms with Crippen molar-refractivity contribution in [3.63, 3.8) is 0 Å². The molecule has 1 aliphatic rings. The predicted molar refractivity (Wildman–Crippen MR) is 120 cm³/mol. The number of hydrogen-bond donors (Lipinski definition) is 2. The summed E-state index contributed by atoms with van der Waals surface area (Å²) in [4.78, 5) is 28.9. The van der Waals surface area contributed by atoms with E-state index in [1.165, 1.54) is 17.7 Å². The number of likely N-dealkylation sites (N-methyl/N-ethyl adjacent to an activating group) is 1. The van der Waals surface area contributed by atoms with Gasteiger partial charge in [-0.1, -0.05) is 6.08 Å². The van der Waals surface area contributed by atoms with Crippen molar-refractivity contribution in [1.82, 2.24) is 14.9 Å². The van der Waals surface area contributed by atoms with Gasteiger partial charge in [-0.25, -0.2) is 0 Å². The van der Waals surface area contributed by atoms with Crippen molar-refractivity contribution < 1.29 is 9.85 Å². The number of aromatic amines is 2. The zero-order chi connectivity index (χ0) is 22.0. The second-order valence-electron chi connectivity index (χ2n) is 7.44. The molecule has 9 heteroatoms. The van der Waals surface area contributed by atoms with Crippen molar-refractivity contribution in [2.24, 2.45) is 0 Å². The Labute approximate surface area is 177 Å². The maximum absolute atomic E-state index is 10.9. The van der Waals surface area contributed by atoms with Crippen LogP contribution in [0.15, 0.2) is 60.9 Å². The lowest BCUT2D eigenvalue weighted by Gasteiger charge is -2.21. The van der Waals surface area contributed by atoms with Crippen molar-refractivity contribution in [2.75, 3.05) is 20.1 Å². The molecule has 0 saturated carbocycles. The molecule has 1 aliphatic heterocycles. The summed E-state index contributed by atoms with van der Waals surface area (Å²) in [7, 11) is 2.09. The van der Waals surface area contributed by atoms with E-state index in [2.05, 4.69) is 28.0 Å². The summed E-state index contributed by atoms with van der Waals surface area (Å²) in [5.41, 5.74) is 4.49. The minimum atomic E-state index is -0.396. The number of nitro groups is 2. The maximum Gasteiger partial charge on any atom is 0.270 e. The first-order valence-electron chi connectivity index (χ1n) is 9.77. The van der Waals surface area contributed by atoms with Crippen LogP contribution in [0.25, 0.3) is 27.4 Å². The van der Waals surface area contributed by atoms with Gasteiger partial charge in [-0.05, 0) is 37.2 Å². The summed E-state index contributed by atoms with van der Waals surface area (Å²) < 4.78 is 0. The van der Waals surface area contributed by atoms with Gasteiger partial charge in [0.1, 0.15) is 0 Å². The molecule has 0 amide bonds. The van der Waals surface area contributed by atoms with E-state index in [-0.39, 0.29) is 16.3 Å². The van der Waals surface area contributed by atoms with Crippen LogP contribution >= 0.6 is 0 Å². The Bertz CT molecular complexity index is 1300. The van der Waals surface area contributed by atoms with Gasteiger partial charge >= 0.3 is 0 Å². The minimum Gasteiger partial charge on any atom is -0.361 e. The average Bonchev–Trinajstić information content (AvgIpc) is 3.40. The molecule has 9 nitrogen and oxygen atoms in total. The highest BCUT2D eigenvalue weighted by Crippen LogP contribution is 2.31. The fraction of sp³-hybridized carbons (Fsp3) is 0.182. The third-order valence-electron chi connectivity index (χ3n) is 5.38. The summed E-state index contributed by atoms with van der Waals surface area (Å²) >= 11 is 0. The predicted octanol–water partition coefficient (Wildman–Crippen LogP) is 4.87. The molecule has 31 heavy (non-hydrogen) atoms. The molecule has 5 rings (SSSR count). The standard InChI is InChI=1S/C14H15N3O2.C8H6N2O2/c1-16-6-4-10(5-7-16)13-9-15-14-3-2-11(17(18)19)8-12(13)14;11-10(12)7-1-2-8-6(5-7)3-4-9-8/h2-4,8-9,15H,5-7H2,1H3;1-5,9H. The molecule has 0 spiro atoms. The normalized spacial score (nSPS) is 14.2. The molecule has 4 aromatic rings. The Hall–Kier alpha value is -3.98. The highest BCUT2D eigenvalue weighted by atomic mass is 16.6. The first-order chi connectivity index (χ1) is 14.9. The van der Waals surface area contributed by atoms with E-state index in [9.17, 15) is 20.2 Å². The molecular weight excluding hydrogens is 398 g/mol. The number of benzene rings is 2. The van der Waals surface area contributed by atoms with Crippen LogP contribution in [0.3, 0.4) is 0 Å². The average molecular weight is 419 g/mol. The van der Waals surface area contributed by atoms with Crippen LogP contribution in [-0.4, -0.2) is 44.9 Å². The van der Waals surface area contributed by atoms with Gasteiger partial charge in [-0.15, -0.1) is 0 Å². The summed E-state index contributed by atoms with van der Waals surface area (Å²) in [5, 5.41) is 23.0. The van der Waals surface area contributed by atoms with Crippen LogP contribution in [-0.2, 0) is 0 Å². The van der Waals surface area contributed by atoms with Crippen molar-refractivity contribution in [3.05, 3.63) is 86.7 Å². The second-order valence-corrected chi connectivity index (χ2v) is 7.44. The van der Waals surface area contributed by atoms with Crippen LogP contribution < -0.4 is 0 Å². The lowest BCUT2D eigenvalue weighted by Crippen LogP contribution is -2.23. The van der Waals surface area contributed by atoms with E-state index in [4.69, 9.17) is 0 Å². The third-order valence-corrected chi connectivity index (χ3v) is 5.38. The lowest BCUT2D eigenvalue weighted by molar-refractivity contribution is -0.384. The number of rotatable bonds is 3. The topological polar surface area (TPSA) is 121 Å². The number of nitro benzene ring substituents is 2. The Morgan fingerprint density at radius 2 is 1.65 bits per heavy atom. The first-order valence-corrected chi connectivity index (χ1v) is 9.77. The molecule has 158 valence electrons. The minimum absolute atomic E-state index is 0.127. The van der Waals surface area contributed by atoms with E-state index in [0.717, 1.165) is 46.9 Å². The first kappa shape index (κ1) is 20.3. The van der Waals surface area contributed by atoms with Crippen LogP contribution in [0.5, 0.6) is 0 Å². The van der Waals surface area contributed by atoms with Gasteiger partial charge in [0.25, 0.3) is 11.4 Å². The van der Waals surface area contributed by atoms with E-state index >= 15 is 0 Å². The Morgan fingerprint density at radius 3 is 2.32 bits per heavy atom. The van der Waals surface area contributed by atoms with Gasteiger partial charge in [0.05, 0.1) is 9.85 Å². The number of hydrogen-bond acceptors (Lipinski definition) is 5. The highest BCUT2D eigenvalue weighted by Gasteiger charge is 2.15. The van der Waals surface area contributed by atoms with E-state index in [1.807, 2.05) is 12.3 Å². The molecule has 0 fully saturated rings. The highest BCUT2D eigenvalue weighted by molar-refractivity contribution is 5.94. The Kier molecular flexibility index (Phi) is 5.50. The molecule has 2 aromatic carbocycles. The van der Waals surface area contributed by atoms with E-state index < -0.39 is 4.92 Å². The molecule has 2 N–H and O–H groups in total. The molecule has 0 atom stereocenters. The summed E-state index contributed by atoms with van der Waals surface area (Å²) in [6.45, 7) is 1.95. The smallest absolute Gasteiger partial charge is 0.270 e. The fourth-order valence-electron chi connectivity index (χ4n) is 3.66. The molecule has 0 saturated heterocycles. The lowest BCUT2D eigenvalue weighted by atomic mass is 9.99. The maximum atomic E-state index is 10.9. The summed E-state index contributed by atoms with van der Waals surface area (Å²) in [5.74, 6) is 0. The van der Waals surface area contributed by atoms with Crippen molar-refractivity contribution in [3.8, 4) is 0 Å². The molecule has 3 heterocycles. The third kappa shape index (κ3) is 4.31. The molecule has 0 unspecified atom stereocenters. The van der Waals surface area contributed by atoms with Crippen LogP contribution in [0.1, 0.15) is 12.0 Å². The van der Waals surface area contributed by atoms with Gasteiger partial charge < -0.3 is 14.9 Å². The summed E-state index contributed by atoms with van der Waals surface area (Å²) in [6.07, 6.45) is 6.89. The van der Waals surface area contributed by atoms with E-state index in [0.29, 0.717) is 0 Å². The number of fused-ring (bicyclic) bond motifs is 2. The quantitative estimate of drug-likeness (QED) is 0.362. The number of H-pyrrole nitrogens is 2. The number of aromatic nitrogens is 2. The van der Waals surface area contributed by atoms with Gasteiger partial charge in [0, 0.05) is 77.1 Å². The van der Waals surface area contributed by atoms with Crippen LogP contribution in [0.4, 0.5) is 11.4 Å². The Balaban J connectivity index is 0.000000166. The molecule has 0 radical (unpaired) electrons. The largest absolute Gasteiger partial charge is 0.361 e. The number of nitrogens with zero attached hydrogens (tertiary/aromatic N) is 3. The zero-order valence-electron chi connectivity index (χ0n) is 16.9. The fourth-order valence-corrected chi connectivity index (χ4v) is 3.66. The van der Waals surface area contributed by atoms with Crippen molar-refractivity contribution in [1.29, 1.82) is 0 Å². The van der Waals surface area contributed by atoms with Gasteiger partial charge in [-0.2, -0.15) is 0 Å². The monoisotopic (exact) mass is 419 g/mol. The summed E-state index contributed by atoms with van der Waals surface area (Å²) in [6, 6.07) is 11.5. The van der Waals surface area contributed by atoms with Crippen LogP contribution in [0, 0.1) is 20.2 Å². The van der Waals surface area contributed by atoms with Gasteiger partial charge in [-0.3, -0.25) is 20.2 Å². The number of nitrogens with one attached hydrogen (secondary N) is 2. The van der Waals surface area contributed by atoms with E-state index in [1.54, 1.807) is 30.5 Å². The SMILES string of the molecule is CN1CC=C(c2c[nH]c3ccc([N+](=O)[O-])cc23)CC1.O=[N+]([O-])c1ccc2[nH]ccc2c1. The van der Waals surface area contributed by atoms with Crippen molar-refractivity contribution in [2.45, 2.75) is 6.42 Å². The molecular formula is C22H21N5O4. The van der Waals surface area contributed by atoms with Crippen LogP contribution in [0.2, 0.25) is 0 Å². The number of non-ortho nitro benzene ring substituents is 2.